The van der Waals surface area contributed by atoms with Crippen LogP contribution in [0.5, 0.6) is 0 Å². The minimum Gasteiger partial charge on any atom is -0.446 e. The van der Waals surface area contributed by atoms with Gasteiger partial charge in [0.2, 0.25) is 5.91 Å². The molecule has 0 saturated heterocycles. The van der Waals surface area contributed by atoms with Crippen LogP contribution in [0.25, 0.3) is 0 Å². The predicted octanol–water partition coefficient (Wildman–Crippen LogP) is 4.48. The molecule has 2 amide bonds. The molecule has 0 aromatic heterocycles. The van der Waals surface area contributed by atoms with Crippen LogP contribution < -0.4 is 16.4 Å². The van der Waals surface area contributed by atoms with Gasteiger partial charge in [-0.2, -0.15) is 0 Å². The van der Waals surface area contributed by atoms with Crippen LogP contribution in [0.2, 0.25) is 0 Å². The number of nitrogens with two attached hydrogens (primary N) is 1. The van der Waals surface area contributed by atoms with Crippen LogP contribution in [0.4, 0.5) is 10.5 Å². The highest BCUT2D eigenvalue weighted by Gasteiger charge is 2.50. The molecule has 6 heteroatoms. The number of nitrogen functional groups attached to an aromatic ring is 1. The third-order valence-corrected chi connectivity index (χ3v) is 8.40. The highest BCUT2D eigenvalue weighted by atomic mass is 16.6. The van der Waals surface area contributed by atoms with Crippen molar-refractivity contribution in [2.75, 3.05) is 12.3 Å². The molecule has 1 atom stereocenters. The van der Waals surface area contributed by atoms with Gasteiger partial charge in [-0.15, -0.1) is 0 Å². The smallest absolute Gasteiger partial charge is 0.408 e. The van der Waals surface area contributed by atoms with Crippen LogP contribution >= 0.6 is 0 Å². The molecule has 4 aliphatic rings. The van der Waals surface area contributed by atoms with Gasteiger partial charge in [0.15, 0.2) is 0 Å². The van der Waals surface area contributed by atoms with E-state index >= 15 is 0 Å². The Labute approximate surface area is 208 Å². The summed E-state index contributed by atoms with van der Waals surface area (Å²) in [5.74, 6) is 2.31. The Balaban J connectivity index is 1.26. The lowest BCUT2D eigenvalue weighted by Gasteiger charge is -2.53. The van der Waals surface area contributed by atoms with E-state index in [4.69, 9.17) is 10.5 Å². The van der Waals surface area contributed by atoms with Gasteiger partial charge in [-0.3, -0.25) is 4.79 Å². The molecule has 35 heavy (non-hydrogen) atoms. The van der Waals surface area contributed by atoms with Gasteiger partial charge in [0.05, 0.1) is 0 Å². The van der Waals surface area contributed by atoms with Gasteiger partial charge in [0.25, 0.3) is 0 Å². The molecule has 2 aromatic rings. The van der Waals surface area contributed by atoms with Crippen molar-refractivity contribution in [3.05, 3.63) is 65.7 Å². The molecular formula is C29H37N3O3. The van der Waals surface area contributed by atoms with E-state index in [0.29, 0.717) is 30.5 Å². The predicted molar refractivity (Wildman–Crippen MR) is 137 cm³/mol. The SMILES string of the molecule is CC(Cc1ccccc1N)(NC(=O)OC1C2CC3CC(C2)CC1C3)C(=O)NCCc1ccccc1. The summed E-state index contributed by atoms with van der Waals surface area (Å²) in [5.41, 5.74) is 7.58. The maximum atomic E-state index is 13.4. The standard InChI is InChI=1S/C29H37N3O3/c1-29(18-22-9-5-6-10-25(22)30,27(33)31-12-11-19-7-3-2-4-8-19)32-28(34)35-26-23-14-20-13-21(16-23)17-24(26)15-20/h2-10,20-21,23-24,26H,11-18,30H2,1H3,(H,31,33)(H,32,34). The molecule has 4 saturated carbocycles. The first-order valence-corrected chi connectivity index (χ1v) is 13.0. The van der Waals surface area contributed by atoms with E-state index in [9.17, 15) is 9.59 Å². The number of para-hydroxylation sites is 1. The second kappa shape index (κ2) is 9.92. The van der Waals surface area contributed by atoms with E-state index < -0.39 is 11.6 Å². The Morgan fingerprint density at radius 3 is 2.23 bits per heavy atom. The number of rotatable bonds is 8. The molecule has 186 valence electrons. The van der Waals surface area contributed by atoms with Crippen LogP contribution in [0.15, 0.2) is 54.6 Å². The number of alkyl carbamates (subject to hydrolysis) is 1. The van der Waals surface area contributed by atoms with Gasteiger partial charge in [0.1, 0.15) is 11.6 Å². The van der Waals surface area contributed by atoms with Crippen molar-refractivity contribution in [3.8, 4) is 0 Å². The maximum absolute atomic E-state index is 13.4. The molecule has 6 rings (SSSR count). The fourth-order valence-electron chi connectivity index (χ4n) is 6.86. The Hall–Kier alpha value is -3.02. The molecule has 2 aromatic carbocycles. The Bertz CT molecular complexity index is 1030. The third-order valence-electron chi connectivity index (χ3n) is 8.40. The lowest BCUT2D eigenvalue weighted by atomic mass is 9.55. The molecule has 0 spiro atoms. The number of benzene rings is 2. The third kappa shape index (κ3) is 5.31. The van der Waals surface area contributed by atoms with Crippen LogP contribution in [-0.2, 0) is 22.4 Å². The van der Waals surface area contributed by atoms with Crippen LogP contribution in [0.1, 0.15) is 50.2 Å². The quantitative estimate of drug-likeness (QED) is 0.491. The summed E-state index contributed by atoms with van der Waals surface area (Å²) in [6, 6.07) is 17.5. The summed E-state index contributed by atoms with van der Waals surface area (Å²) in [7, 11) is 0. The first-order valence-electron chi connectivity index (χ1n) is 13.0. The van der Waals surface area contributed by atoms with Gasteiger partial charge < -0.3 is 21.1 Å². The van der Waals surface area contributed by atoms with Crippen molar-refractivity contribution in [1.29, 1.82) is 0 Å². The number of amides is 2. The van der Waals surface area contributed by atoms with E-state index in [1.165, 1.54) is 32.1 Å². The first kappa shape index (κ1) is 23.7. The van der Waals surface area contributed by atoms with Crippen molar-refractivity contribution in [1.82, 2.24) is 10.6 Å². The maximum Gasteiger partial charge on any atom is 0.408 e. The van der Waals surface area contributed by atoms with Crippen molar-refractivity contribution < 1.29 is 14.3 Å². The molecule has 0 radical (unpaired) electrons. The van der Waals surface area contributed by atoms with Crippen molar-refractivity contribution in [2.24, 2.45) is 23.7 Å². The van der Waals surface area contributed by atoms with E-state index in [-0.39, 0.29) is 18.4 Å². The number of hydrogen-bond donors (Lipinski definition) is 3. The highest BCUT2D eigenvalue weighted by molar-refractivity contribution is 5.90. The summed E-state index contributed by atoms with van der Waals surface area (Å²) >= 11 is 0. The largest absolute Gasteiger partial charge is 0.446 e. The number of carbonyl (C=O) groups is 2. The summed E-state index contributed by atoms with van der Waals surface area (Å²) in [6.07, 6.45) is 6.50. The molecule has 4 bridgehead atoms. The van der Waals surface area contributed by atoms with E-state index in [1.807, 2.05) is 54.6 Å². The van der Waals surface area contributed by atoms with Crippen molar-refractivity contribution in [3.63, 3.8) is 0 Å². The van der Waals surface area contributed by atoms with Gasteiger partial charge in [0, 0.05) is 18.7 Å². The monoisotopic (exact) mass is 475 g/mol. The summed E-state index contributed by atoms with van der Waals surface area (Å²) in [4.78, 5) is 26.6. The van der Waals surface area contributed by atoms with Gasteiger partial charge >= 0.3 is 6.09 Å². The van der Waals surface area contributed by atoms with Gasteiger partial charge in [-0.25, -0.2) is 4.79 Å². The number of carbonyl (C=O) groups excluding carboxylic acids is 2. The first-order chi connectivity index (χ1) is 16.9. The fraction of sp³-hybridized carbons (Fsp3) is 0.517. The van der Waals surface area contributed by atoms with Gasteiger partial charge in [-0.05, 0) is 86.3 Å². The second-order valence-electron chi connectivity index (χ2n) is 11.1. The highest BCUT2D eigenvalue weighted by Crippen LogP contribution is 2.54. The Kier molecular flexibility index (Phi) is 6.72. The molecule has 6 nitrogen and oxygen atoms in total. The topological polar surface area (TPSA) is 93.4 Å². The molecule has 0 aliphatic heterocycles. The molecule has 0 heterocycles. The zero-order valence-corrected chi connectivity index (χ0v) is 20.5. The summed E-state index contributed by atoms with van der Waals surface area (Å²) in [5, 5.41) is 5.97. The Morgan fingerprint density at radius 2 is 1.57 bits per heavy atom. The van der Waals surface area contributed by atoms with Crippen LogP contribution in [0, 0.1) is 23.7 Å². The zero-order chi connectivity index (χ0) is 24.4. The lowest BCUT2D eigenvalue weighted by Crippen LogP contribution is -2.60. The normalized spacial score (nSPS) is 28.2. The summed E-state index contributed by atoms with van der Waals surface area (Å²) < 4.78 is 6.05. The molecule has 4 aliphatic carbocycles. The van der Waals surface area contributed by atoms with Crippen LogP contribution in [0.3, 0.4) is 0 Å². The molecule has 4 N–H and O–H groups in total. The minimum atomic E-state index is -1.19. The van der Waals surface area contributed by atoms with E-state index in [0.717, 1.165) is 23.0 Å². The second-order valence-corrected chi connectivity index (χ2v) is 11.1. The average Bonchev–Trinajstić information content (AvgIpc) is 2.83. The fourth-order valence-corrected chi connectivity index (χ4v) is 6.86. The Morgan fingerprint density at radius 1 is 0.943 bits per heavy atom. The number of hydrogen-bond acceptors (Lipinski definition) is 4. The van der Waals surface area contributed by atoms with Crippen LogP contribution in [-0.4, -0.2) is 30.2 Å². The van der Waals surface area contributed by atoms with Crippen molar-refractivity contribution in [2.45, 2.75) is 63.5 Å². The minimum absolute atomic E-state index is 0.0324. The molecule has 4 fully saturated rings. The lowest BCUT2D eigenvalue weighted by molar-refractivity contribution is -0.127. The molecule has 1 unspecified atom stereocenters. The number of nitrogens with one attached hydrogen (secondary N) is 2. The number of anilines is 1. The zero-order valence-electron chi connectivity index (χ0n) is 20.5. The van der Waals surface area contributed by atoms with Crippen molar-refractivity contribution >= 4 is 17.7 Å². The summed E-state index contributed by atoms with van der Waals surface area (Å²) in [6.45, 7) is 2.24. The molecular weight excluding hydrogens is 438 g/mol. The van der Waals surface area contributed by atoms with E-state index in [1.54, 1.807) is 6.92 Å². The number of ether oxygens (including phenoxy) is 1. The van der Waals surface area contributed by atoms with Gasteiger partial charge in [-0.1, -0.05) is 48.5 Å². The average molecular weight is 476 g/mol. The van der Waals surface area contributed by atoms with E-state index in [2.05, 4.69) is 10.6 Å².